The molecule has 2 heterocycles. The van der Waals surface area contributed by atoms with E-state index in [2.05, 4.69) is 55.2 Å². The first-order valence-corrected chi connectivity index (χ1v) is 9.80. The molecule has 140 valence electrons. The van der Waals surface area contributed by atoms with Crippen LogP contribution in [0.3, 0.4) is 0 Å². The molecular formula is C21H20N6S. The Labute approximate surface area is 167 Å². The van der Waals surface area contributed by atoms with Crippen LogP contribution in [0.2, 0.25) is 0 Å². The Bertz CT molecular complexity index is 1010. The Hall–Kier alpha value is -3.29. The van der Waals surface area contributed by atoms with E-state index in [0.29, 0.717) is 18.3 Å². The number of thiophene rings is 1. The molecule has 2 aromatic heterocycles. The van der Waals surface area contributed by atoms with Crippen LogP contribution in [0.5, 0.6) is 0 Å². The van der Waals surface area contributed by atoms with Crippen molar-refractivity contribution in [2.45, 2.75) is 12.6 Å². The van der Waals surface area contributed by atoms with E-state index in [1.165, 1.54) is 10.4 Å². The smallest absolute Gasteiger partial charge is 0.232 e. The van der Waals surface area contributed by atoms with Crippen LogP contribution in [-0.4, -0.2) is 15.0 Å². The van der Waals surface area contributed by atoms with Crippen molar-refractivity contribution in [3.63, 3.8) is 0 Å². The summed E-state index contributed by atoms with van der Waals surface area (Å²) in [6.45, 7) is 0.466. The van der Waals surface area contributed by atoms with Gasteiger partial charge in [-0.2, -0.15) is 15.0 Å². The van der Waals surface area contributed by atoms with E-state index >= 15 is 0 Å². The van der Waals surface area contributed by atoms with Gasteiger partial charge in [0.1, 0.15) is 5.82 Å². The van der Waals surface area contributed by atoms with Gasteiger partial charge in [0.15, 0.2) is 0 Å². The van der Waals surface area contributed by atoms with Gasteiger partial charge >= 0.3 is 0 Å². The fraction of sp³-hybridized carbons (Fsp3) is 0.0952. The summed E-state index contributed by atoms with van der Waals surface area (Å²) in [7, 11) is 0. The van der Waals surface area contributed by atoms with Gasteiger partial charge in [0.05, 0.1) is 12.6 Å². The van der Waals surface area contributed by atoms with Crippen molar-refractivity contribution in [2.75, 3.05) is 11.1 Å². The van der Waals surface area contributed by atoms with Crippen molar-refractivity contribution in [3.05, 3.63) is 94.4 Å². The fourth-order valence-electron chi connectivity index (χ4n) is 2.90. The second-order valence-corrected chi connectivity index (χ2v) is 7.14. The molecule has 0 spiro atoms. The molecule has 4 rings (SSSR count). The van der Waals surface area contributed by atoms with E-state index in [0.717, 1.165) is 5.69 Å². The lowest BCUT2D eigenvalue weighted by Gasteiger charge is -2.18. The zero-order valence-corrected chi connectivity index (χ0v) is 15.9. The van der Waals surface area contributed by atoms with Gasteiger partial charge in [0.2, 0.25) is 11.9 Å². The number of rotatable bonds is 7. The summed E-state index contributed by atoms with van der Waals surface area (Å²) in [4.78, 5) is 14.2. The third-order valence-electron chi connectivity index (χ3n) is 4.15. The molecular weight excluding hydrogens is 368 g/mol. The van der Waals surface area contributed by atoms with Gasteiger partial charge < -0.3 is 11.1 Å². The van der Waals surface area contributed by atoms with E-state index in [1.807, 2.05) is 48.5 Å². The maximum absolute atomic E-state index is 5.90. The summed E-state index contributed by atoms with van der Waals surface area (Å²) in [6, 6.07) is 24.3. The van der Waals surface area contributed by atoms with Crippen molar-refractivity contribution < 1.29 is 0 Å². The number of nitrogens with two attached hydrogens (primary N) is 1. The van der Waals surface area contributed by atoms with Crippen LogP contribution in [0.15, 0.2) is 78.2 Å². The molecule has 6 nitrogen and oxygen atoms in total. The molecule has 0 aliphatic carbocycles. The topological polar surface area (TPSA) is 88.8 Å². The number of nitrogens with zero attached hydrogens (tertiary/aromatic N) is 3. The molecule has 2 aromatic carbocycles. The first-order valence-electron chi connectivity index (χ1n) is 8.92. The summed E-state index contributed by atoms with van der Waals surface area (Å²) in [5.41, 5.74) is 7.98. The summed E-state index contributed by atoms with van der Waals surface area (Å²) in [5.74, 6) is 1.21. The second-order valence-electron chi connectivity index (χ2n) is 6.16. The molecule has 0 aliphatic heterocycles. The largest absolute Gasteiger partial charge is 0.368 e. The summed E-state index contributed by atoms with van der Waals surface area (Å²) >= 11 is 1.72. The fourth-order valence-corrected chi connectivity index (χ4v) is 3.73. The van der Waals surface area contributed by atoms with E-state index in [1.54, 1.807) is 11.3 Å². The highest BCUT2D eigenvalue weighted by Gasteiger charge is 2.15. The quantitative estimate of drug-likeness (QED) is 0.441. The van der Waals surface area contributed by atoms with Gasteiger partial charge in [-0.1, -0.05) is 54.6 Å². The standard InChI is InChI=1S/C21H20N6S/c22-20-25-18(26-21(27-20)24-16-10-5-2-6-11-16)14-23-19(17-12-7-13-28-17)15-8-3-1-4-9-15/h1-13,19,23H,14H2,(H3,22,24,25,26,27). The third-order valence-corrected chi connectivity index (χ3v) is 5.09. The first kappa shape index (κ1) is 18.1. The van der Waals surface area contributed by atoms with Gasteiger partial charge in [-0.05, 0) is 29.1 Å². The van der Waals surface area contributed by atoms with E-state index in [4.69, 9.17) is 5.73 Å². The van der Waals surface area contributed by atoms with Crippen LogP contribution in [0.25, 0.3) is 0 Å². The van der Waals surface area contributed by atoms with Gasteiger partial charge in [-0.15, -0.1) is 11.3 Å². The molecule has 1 atom stereocenters. The molecule has 0 bridgehead atoms. The summed E-state index contributed by atoms with van der Waals surface area (Å²) < 4.78 is 0. The third kappa shape index (κ3) is 4.51. The predicted molar refractivity (Wildman–Crippen MR) is 113 cm³/mol. The minimum atomic E-state index is 0.0599. The van der Waals surface area contributed by atoms with Crippen molar-refractivity contribution in [1.82, 2.24) is 20.3 Å². The summed E-state index contributed by atoms with van der Waals surface area (Å²) in [5, 5.41) is 8.79. The maximum Gasteiger partial charge on any atom is 0.232 e. The number of nitrogen functional groups attached to an aromatic ring is 1. The molecule has 4 aromatic rings. The lowest BCUT2D eigenvalue weighted by molar-refractivity contribution is 0.593. The Morgan fingerprint density at radius 1 is 0.857 bits per heavy atom. The zero-order valence-electron chi connectivity index (χ0n) is 15.1. The molecule has 0 amide bonds. The Morgan fingerprint density at radius 2 is 1.61 bits per heavy atom. The number of hydrogen-bond donors (Lipinski definition) is 3. The van der Waals surface area contributed by atoms with Crippen LogP contribution in [0, 0.1) is 0 Å². The van der Waals surface area contributed by atoms with E-state index in [9.17, 15) is 0 Å². The maximum atomic E-state index is 5.90. The lowest BCUT2D eigenvalue weighted by atomic mass is 10.1. The molecule has 0 saturated carbocycles. The Morgan fingerprint density at radius 3 is 2.32 bits per heavy atom. The minimum absolute atomic E-state index is 0.0599. The molecule has 0 saturated heterocycles. The van der Waals surface area contributed by atoms with Crippen LogP contribution in [0.4, 0.5) is 17.6 Å². The van der Waals surface area contributed by atoms with Crippen LogP contribution in [0.1, 0.15) is 22.3 Å². The molecule has 1 unspecified atom stereocenters. The van der Waals surface area contributed by atoms with E-state index < -0.39 is 0 Å². The van der Waals surface area contributed by atoms with Crippen molar-refractivity contribution in [2.24, 2.45) is 0 Å². The minimum Gasteiger partial charge on any atom is -0.368 e. The highest BCUT2D eigenvalue weighted by atomic mass is 32.1. The predicted octanol–water partition coefficient (Wildman–Crippen LogP) is 4.14. The number of anilines is 3. The highest BCUT2D eigenvalue weighted by molar-refractivity contribution is 7.10. The average molecular weight is 389 g/mol. The van der Waals surface area contributed by atoms with Crippen LogP contribution >= 0.6 is 11.3 Å². The lowest BCUT2D eigenvalue weighted by Crippen LogP contribution is -2.23. The Balaban J connectivity index is 1.53. The van der Waals surface area contributed by atoms with Crippen LogP contribution < -0.4 is 16.4 Å². The van der Waals surface area contributed by atoms with Crippen molar-refractivity contribution in [3.8, 4) is 0 Å². The highest BCUT2D eigenvalue weighted by Crippen LogP contribution is 2.26. The second kappa shape index (κ2) is 8.60. The first-order chi connectivity index (χ1) is 13.8. The number of benzene rings is 2. The molecule has 0 radical (unpaired) electrons. The number of nitrogens with one attached hydrogen (secondary N) is 2. The monoisotopic (exact) mass is 388 g/mol. The van der Waals surface area contributed by atoms with Gasteiger partial charge in [0, 0.05) is 10.6 Å². The average Bonchev–Trinajstić information content (AvgIpc) is 3.24. The van der Waals surface area contributed by atoms with Crippen LogP contribution in [-0.2, 0) is 6.54 Å². The number of hydrogen-bond acceptors (Lipinski definition) is 7. The molecule has 4 N–H and O–H groups in total. The van der Waals surface area contributed by atoms with Gasteiger partial charge in [0.25, 0.3) is 0 Å². The van der Waals surface area contributed by atoms with Crippen molar-refractivity contribution >= 4 is 28.9 Å². The SMILES string of the molecule is Nc1nc(CNC(c2ccccc2)c2cccs2)nc(Nc2ccccc2)n1. The zero-order chi connectivity index (χ0) is 19.2. The van der Waals surface area contributed by atoms with Gasteiger partial charge in [-0.25, -0.2) is 0 Å². The molecule has 0 aliphatic rings. The van der Waals surface area contributed by atoms with E-state index in [-0.39, 0.29) is 12.0 Å². The number of aromatic nitrogens is 3. The van der Waals surface area contributed by atoms with Gasteiger partial charge in [-0.3, -0.25) is 5.32 Å². The Kier molecular flexibility index (Phi) is 5.56. The molecule has 0 fully saturated rings. The molecule has 28 heavy (non-hydrogen) atoms. The van der Waals surface area contributed by atoms with Crippen molar-refractivity contribution in [1.29, 1.82) is 0 Å². The number of para-hydroxylation sites is 1. The summed E-state index contributed by atoms with van der Waals surface area (Å²) in [6.07, 6.45) is 0. The molecule has 7 heteroatoms. The normalized spacial score (nSPS) is 11.9.